The summed E-state index contributed by atoms with van der Waals surface area (Å²) in [7, 11) is 1.79. The van der Waals surface area contributed by atoms with Crippen LogP contribution in [0.4, 0.5) is 5.69 Å². The highest BCUT2D eigenvalue weighted by atomic mass is 79.9. The normalized spacial score (nSPS) is 21.8. The zero-order valence-electron chi connectivity index (χ0n) is 10.3. The first-order valence-corrected chi connectivity index (χ1v) is 7.10. The minimum Gasteiger partial charge on any atom is -0.314 e. The summed E-state index contributed by atoms with van der Waals surface area (Å²) >= 11 is 3.40. The Kier molecular flexibility index (Phi) is 3.72. The minimum atomic E-state index is -0.645. The number of hydrogen-bond donors (Lipinski definition) is 0. The molecule has 18 heavy (non-hydrogen) atoms. The molecule has 0 spiro atoms. The molecule has 1 atom stereocenters. The summed E-state index contributed by atoms with van der Waals surface area (Å²) in [5.74, 6) is 0.0474. The van der Waals surface area contributed by atoms with Crippen molar-refractivity contribution in [2.75, 3.05) is 17.3 Å². The van der Waals surface area contributed by atoms with E-state index in [0.29, 0.717) is 6.42 Å². The topological polar surface area (TPSA) is 44.1 Å². The quantitative estimate of drug-likeness (QED) is 0.803. The van der Waals surface area contributed by atoms with Gasteiger partial charge in [0.05, 0.1) is 17.9 Å². The fourth-order valence-electron chi connectivity index (χ4n) is 2.72. The Morgan fingerprint density at radius 2 is 2.17 bits per heavy atom. The van der Waals surface area contributed by atoms with Crippen molar-refractivity contribution >= 4 is 27.5 Å². The molecule has 1 amide bonds. The van der Waals surface area contributed by atoms with Crippen LogP contribution in [0.25, 0.3) is 0 Å². The molecule has 1 aromatic carbocycles. The number of rotatable bonds is 4. The number of carbonyl (C=O) groups is 1. The van der Waals surface area contributed by atoms with Gasteiger partial charge in [-0.15, -0.1) is 0 Å². The molecule has 0 radical (unpaired) electrons. The highest BCUT2D eigenvalue weighted by Crippen LogP contribution is 2.46. The van der Waals surface area contributed by atoms with Gasteiger partial charge in [0.15, 0.2) is 0 Å². The average molecular weight is 307 g/mol. The summed E-state index contributed by atoms with van der Waals surface area (Å²) in [5.41, 5.74) is 1.29. The number of amides is 1. The van der Waals surface area contributed by atoms with E-state index < -0.39 is 5.41 Å². The molecule has 4 heteroatoms. The van der Waals surface area contributed by atoms with Gasteiger partial charge in [-0.05, 0) is 24.5 Å². The van der Waals surface area contributed by atoms with Crippen molar-refractivity contribution in [3.05, 3.63) is 29.8 Å². The van der Waals surface area contributed by atoms with Crippen molar-refractivity contribution in [2.24, 2.45) is 0 Å². The number of nitrogens with zero attached hydrogens (tertiary/aromatic N) is 2. The van der Waals surface area contributed by atoms with Crippen LogP contribution in [0.15, 0.2) is 24.3 Å². The first kappa shape index (κ1) is 13.1. The lowest BCUT2D eigenvalue weighted by atomic mass is 9.75. The number of fused-ring (bicyclic) bond motifs is 1. The van der Waals surface area contributed by atoms with E-state index in [1.165, 1.54) is 0 Å². The number of halogens is 1. The molecule has 3 nitrogen and oxygen atoms in total. The Labute approximate surface area is 116 Å². The zero-order chi connectivity index (χ0) is 13.2. The Morgan fingerprint density at radius 1 is 1.44 bits per heavy atom. The van der Waals surface area contributed by atoms with E-state index >= 15 is 0 Å². The van der Waals surface area contributed by atoms with Gasteiger partial charge in [0.1, 0.15) is 0 Å². The van der Waals surface area contributed by atoms with Crippen LogP contribution in [0.5, 0.6) is 0 Å². The average Bonchev–Trinajstić information content (AvgIpc) is 2.61. The number of anilines is 1. The molecule has 0 N–H and O–H groups in total. The van der Waals surface area contributed by atoms with E-state index in [1.807, 2.05) is 24.3 Å². The molecule has 2 rings (SSSR count). The lowest BCUT2D eigenvalue weighted by Gasteiger charge is -2.25. The van der Waals surface area contributed by atoms with E-state index in [-0.39, 0.29) is 12.3 Å². The van der Waals surface area contributed by atoms with Crippen LogP contribution in [-0.4, -0.2) is 18.3 Å². The Hall–Kier alpha value is -1.34. The maximum atomic E-state index is 12.5. The van der Waals surface area contributed by atoms with Crippen LogP contribution >= 0.6 is 15.9 Å². The van der Waals surface area contributed by atoms with Crippen LogP contribution in [0, 0.1) is 11.3 Å². The molecule has 0 aromatic heterocycles. The molecule has 0 saturated heterocycles. The van der Waals surface area contributed by atoms with E-state index in [9.17, 15) is 4.79 Å². The lowest BCUT2D eigenvalue weighted by Crippen LogP contribution is -2.38. The van der Waals surface area contributed by atoms with Gasteiger partial charge in [-0.1, -0.05) is 34.1 Å². The third-order valence-corrected chi connectivity index (χ3v) is 4.17. The number of benzene rings is 1. The largest absolute Gasteiger partial charge is 0.314 e. The maximum Gasteiger partial charge on any atom is 0.238 e. The third kappa shape index (κ3) is 1.83. The zero-order valence-corrected chi connectivity index (χ0v) is 11.9. The van der Waals surface area contributed by atoms with Gasteiger partial charge in [-0.2, -0.15) is 5.26 Å². The van der Waals surface area contributed by atoms with E-state index in [1.54, 1.807) is 11.9 Å². The molecule has 0 saturated carbocycles. The van der Waals surface area contributed by atoms with Crippen molar-refractivity contribution in [2.45, 2.75) is 24.7 Å². The molecular formula is C14H15BrN2O. The van der Waals surface area contributed by atoms with Crippen molar-refractivity contribution in [3.63, 3.8) is 0 Å². The molecule has 94 valence electrons. The summed E-state index contributed by atoms with van der Waals surface area (Å²) in [5, 5.41) is 9.93. The second-order valence-corrected chi connectivity index (χ2v) is 5.38. The predicted octanol–water partition coefficient (Wildman–Crippen LogP) is 2.99. The van der Waals surface area contributed by atoms with Crippen LogP contribution in [0.2, 0.25) is 0 Å². The van der Waals surface area contributed by atoms with Crippen LogP contribution in [-0.2, 0) is 10.2 Å². The second-order valence-electron chi connectivity index (χ2n) is 4.59. The fourth-order valence-corrected chi connectivity index (χ4v) is 3.00. The highest BCUT2D eigenvalue weighted by molar-refractivity contribution is 9.09. The standard InChI is InChI=1S/C14H15BrN2O/c1-17-12-6-3-2-5-11(12)14(8-10-16,13(17)18)7-4-9-15/h2-3,5-6H,4,7-9H2,1H3. The first-order valence-electron chi connectivity index (χ1n) is 5.98. The van der Waals surface area contributed by atoms with E-state index in [0.717, 1.165) is 23.0 Å². The van der Waals surface area contributed by atoms with Crippen molar-refractivity contribution in [3.8, 4) is 6.07 Å². The van der Waals surface area contributed by atoms with Gasteiger partial charge in [0, 0.05) is 18.1 Å². The molecule has 1 unspecified atom stereocenters. The summed E-state index contributed by atoms with van der Waals surface area (Å²) < 4.78 is 0. The molecule has 0 bridgehead atoms. The molecule has 1 aliphatic rings. The number of hydrogen-bond acceptors (Lipinski definition) is 2. The number of alkyl halides is 1. The number of para-hydroxylation sites is 1. The minimum absolute atomic E-state index is 0.0474. The fraction of sp³-hybridized carbons (Fsp3) is 0.429. The third-order valence-electron chi connectivity index (χ3n) is 3.61. The second kappa shape index (κ2) is 5.11. The number of nitriles is 1. The number of likely N-dealkylation sites (N-methyl/N-ethyl adjacent to an activating group) is 1. The summed E-state index contributed by atoms with van der Waals surface area (Å²) in [6, 6.07) is 9.97. The van der Waals surface area contributed by atoms with Crippen molar-refractivity contribution < 1.29 is 4.79 Å². The first-order chi connectivity index (χ1) is 8.67. The summed E-state index contributed by atoms with van der Waals surface area (Å²) in [4.78, 5) is 14.2. The van der Waals surface area contributed by atoms with E-state index in [4.69, 9.17) is 5.26 Å². The maximum absolute atomic E-state index is 12.5. The van der Waals surface area contributed by atoms with Crippen molar-refractivity contribution in [1.82, 2.24) is 0 Å². The monoisotopic (exact) mass is 306 g/mol. The smallest absolute Gasteiger partial charge is 0.238 e. The Bertz CT molecular complexity index is 509. The molecule has 1 aromatic rings. The van der Waals surface area contributed by atoms with E-state index in [2.05, 4.69) is 22.0 Å². The van der Waals surface area contributed by atoms with Crippen LogP contribution < -0.4 is 4.90 Å². The highest BCUT2D eigenvalue weighted by Gasteiger charge is 2.48. The molecule has 1 aliphatic heterocycles. The Morgan fingerprint density at radius 3 is 2.83 bits per heavy atom. The van der Waals surface area contributed by atoms with Crippen molar-refractivity contribution in [1.29, 1.82) is 5.26 Å². The lowest BCUT2D eigenvalue weighted by molar-refractivity contribution is -0.123. The van der Waals surface area contributed by atoms with Gasteiger partial charge in [-0.3, -0.25) is 4.79 Å². The summed E-state index contributed by atoms with van der Waals surface area (Å²) in [6.07, 6.45) is 1.85. The molecule has 0 aliphatic carbocycles. The molecular weight excluding hydrogens is 292 g/mol. The van der Waals surface area contributed by atoms with Gasteiger partial charge in [-0.25, -0.2) is 0 Å². The SMILES string of the molecule is CN1C(=O)C(CC#N)(CCCBr)c2ccccc21. The van der Waals surface area contributed by atoms with Crippen LogP contribution in [0.1, 0.15) is 24.8 Å². The molecule has 1 heterocycles. The predicted molar refractivity (Wildman–Crippen MR) is 74.8 cm³/mol. The Balaban J connectivity index is 2.52. The van der Waals surface area contributed by atoms with Gasteiger partial charge >= 0.3 is 0 Å². The number of carbonyl (C=O) groups excluding carboxylic acids is 1. The van der Waals surface area contributed by atoms with Gasteiger partial charge in [0.25, 0.3) is 0 Å². The molecule has 0 fully saturated rings. The summed E-state index contributed by atoms with van der Waals surface area (Å²) in [6.45, 7) is 0. The van der Waals surface area contributed by atoms with Crippen LogP contribution in [0.3, 0.4) is 0 Å². The van der Waals surface area contributed by atoms with Gasteiger partial charge in [0.2, 0.25) is 5.91 Å². The van der Waals surface area contributed by atoms with Gasteiger partial charge < -0.3 is 4.90 Å².